The Morgan fingerprint density at radius 2 is 1.20 bits per heavy atom. The lowest BCUT2D eigenvalue weighted by atomic mass is 10.1. The molecule has 1 aromatic heterocycles. The average Bonchev–Trinajstić information content (AvgIpc) is 3.81. The van der Waals surface area contributed by atoms with Crippen molar-refractivity contribution in [1.82, 2.24) is 4.98 Å². The molecule has 0 saturated carbocycles. The molecule has 1 N–H and O–H groups in total. The lowest BCUT2D eigenvalue weighted by Crippen LogP contribution is -2.14. The molecule has 1 heterocycles. The van der Waals surface area contributed by atoms with Gasteiger partial charge in [-0.15, -0.1) is 0 Å². The third kappa shape index (κ3) is 14.2. The standard InChI is InChI=1S/C50H43N3O16S/c1-5-43(54)65-27-61-38-18-14-33(24-40(38)63-29-67-45(56)7-3)48(58)60-22-21-31-13-17-37(35(23-31)26-51-53-50-52-47-36-12-10-9-11-32(36)16-20-42(47)70-50)69-49(59)34-15-19-39(62-28-66-44(55)6-2)41(25-34)64-30-68-46(57)8-4/h5,7-20,23-26H,1,3-4,6,21-22,27-30H2,2H3,(H,52,53)/b51-26+. The molecule has 0 spiro atoms. The van der Waals surface area contributed by atoms with Gasteiger partial charge in [0.2, 0.25) is 32.3 Å². The van der Waals surface area contributed by atoms with E-state index in [-0.39, 0.29) is 59.3 Å². The molecular weight excluding hydrogens is 931 g/mol. The molecule has 0 aliphatic carbocycles. The van der Waals surface area contributed by atoms with Crippen molar-refractivity contribution < 1.29 is 76.1 Å². The highest BCUT2D eigenvalue weighted by Gasteiger charge is 2.19. The molecular formula is C50H43N3O16S. The van der Waals surface area contributed by atoms with Crippen LogP contribution < -0.4 is 29.1 Å². The highest BCUT2D eigenvalue weighted by molar-refractivity contribution is 7.22. The van der Waals surface area contributed by atoms with E-state index in [1.807, 2.05) is 36.4 Å². The molecule has 0 aliphatic heterocycles. The minimum Gasteiger partial charge on any atom is -0.462 e. The number of thiazole rings is 1. The van der Waals surface area contributed by atoms with Crippen LogP contribution in [0, 0.1) is 0 Å². The Morgan fingerprint density at radius 1 is 0.629 bits per heavy atom. The summed E-state index contributed by atoms with van der Waals surface area (Å²) in [5.74, 6) is -4.16. The second kappa shape index (κ2) is 25.2. The fourth-order valence-electron chi connectivity index (χ4n) is 5.94. The van der Waals surface area contributed by atoms with E-state index >= 15 is 0 Å². The van der Waals surface area contributed by atoms with E-state index < -0.39 is 63.0 Å². The zero-order valence-electron chi connectivity index (χ0n) is 37.4. The number of hydrazone groups is 1. The van der Waals surface area contributed by atoms with E-state index in [0.29, 0.717) is 16.3 Å². The van der Waals surface area contributed by atoms with Crippen molar-refractivity contribution >= 4 is 79.5 Å². The van der Waals surface area contributed by atoms with Crippen molar-refractivity contribution in [3.63, 3.8) is 0 Å². The highest BCUT2D eigenvalue weighted by Crippen LogP contribution is 2.33. The van der Waals surface area contributed by atoms with Crippen molar-refractivity contribution in [3.8, 4) is 28.7 Å². The molecule has 0 radical (unpaired) electrons. The monoisotopic (exact) mass is 973 g/mol. The molecule has 0 aliphatic rings. The van der Waals surface area contributed by atoms with Crippen molar-refractivity contribution in [3.05, 3.63) is 151 Å². The van der Waals surface area contributed by atoms with Crippen molar-refractivity contribution in [2.45, 2.75) is 19.8 Å². The van der Waals surface area contributed by atoms with E-state index in [4.69, 9.17) is 52.4 Å². The second-order valence-electron chi connectivity index (χ2n) is 13.9. The van der Waals surface area contributed by atoms with Gasteiger partial charge in [-0.25, -0.2) is 29.0 Å². The fraction of sp³-hybridized carbons (Fsp3) is 0.160. The average molecular weight is 974 g/mol. The van der Waals surface area contributed by atoms with Crippen molar-refractivity contribution in [2.24, 2.45) is 5.10 Å². The molecule has 5 aromatic carbocycles. The van der Waals surface area contributed by atoms with Crippen LogP contribution in [0.4, 0.5) is 5.13 Å². The summed E-state index contributed by atoms with van der Waals surface area (Å²) < 4.78 is 54.1. The number of rotatable bonds is 25. The molecule has 0 saturated heterocycles. The summed E-state index contributed by atoms with van der Waals surface area (Å²) in [7, 11) is 0. The number of nitrogens with one attached hydrogen (secondary N) is 1. The Bertz CT molecular complexity index is 2960. The SMILES string of the molecule is C=CC(=O)OCOc1ccc(C(=O)OCCc2ccc(OC(=O)c3ccc(OCOC(=O)CC)c(OCOC(=O)C=C)c3)c(/C=N/Nc3nc4c(ccc5ccccc54)s3)c2)cc1OCOC(=O)C=C. The van der Waals surface area contributed by atoms with Gasteiger partial charge in [-0.3, -0.25) is 10.2 Å². The van der Waals surface area contributed by atoms with Crippen molar-refractivity contribution in [2.75, 3.05) is 39.2 Å². The number of benzene rings is 5. The van der Waals surface area contributed by atoms with Crippen LogP contribution in [0.5, 0.6) is 28.7 Å². The molecule has 0 atom stereocenters. The number of anilines is 1. The zero-order chi connectivity index (χ0) is 49.8. The van der Waals surface area contributed by atoms with Gasteiger partial charge in [-0.2, -0.15) is 5.10 Å². The molecule has 20 heteroatoms. The van der Waals surface area contributed by atoms with Gasteiger partial charge in [0.15, 0.2) is 23.0 Å². The van der Waals surface area contributed by atoms with Gasteiger partial charge in [0, 0.05) is 42.0 Å². The van der Waals surface area contributed by atoms with Gasteiger partial charge < -0.3 is 47.4 Å². The van der Waals surface area contributed by atoms with E-state index in [1.54, 1.807) is 25.1 Å². The normalized spacial score (nSPS) is 10.6. The van der Waals surface area contributed by atoms with Gasteiger partial charge in [-0.05, 0) is 65.5 Å². The number of nitrogens with zero attached hydrogens (tertiary/aromatic N) is 2. The third-order valence-corrected chi connectivity index (χ3v) is 10.3. The predicted molar refractivity (Wildman–Crippen MR) is 254 cm³/mol. The summed E-state index contributed by atoms with van der Waals surface area (Å²) in [6.45, 7) is 9.42. The largest absolute Gasteiger partial charge is 0.462 e. The molecule has 6 aromatic rings. The minimum absolute atomic E-state index is 0.00344. The first-order chi connectivity index (χ1) is 34.0. The van der Waals surface area contributed by atoms with Gasteiger partial charge in [0.05, 0.1) is 34.2 Å². The van der Waals surface area contributed by atoms with Crippen LogP contribution in [0.25, 0.3) is 21.0 Å². The molecule has 0 amide bonds. The summed E-state index contributed by atoms with van der Waals surface area (Å²) in [5, 5.41) is 6.94. The first-order valence-electron chi connectivity index (χ1n) is 20.9. The Labute approximate surface area is 403 Å². The van der Waals surface area contributed by atoms with Crippen LogP contribution >= 0.6 is 11.3 Å². The number of carbonyl (C=O) groups excluding carboxylic acids is 6. The lowest BCUT2D eigenvalue weighted by Gasteiger charge is -2.14. The number of aromatic nitrogens is 1. The number of esters is 6. The van der Waals surface area contributed by atoms with Crippen LogP contribution in [-0.2, 0) is 49.3 Å². The summed E-state index contributed by atoms with van der Waals surface area (Å²) in [4.78, 5) is 78.1. The fourth-order valence-corrected chi connectivity index (χ4v) is 6.77. The molecule has 0 unspecified atom stereocenters. The number of ether oxygens (including phenoxy) is 10. The molecule has 6 rings (SSSR count). The van der Waals surface area contributed by atoms with Gasteiger partial charge in [0.25, 0.3) is 0 Å². The van der Waals surface area contributed by atoms with E-state index in [2.05, 4.69) is 30.3 Å². The zero-order valence-corrected chi connectivity index (χ0v) is 38.2. The van der Waals surface area contributed by atoms with E-state index in [0.717, 1.165) is 39.2 Å². The topological polar surface area (TPSA) is 232 Å². The summed E-state index contributed by atoms with van der Waals surface area (Å²) >= 11 is 1.40. The Morgan fingerprint density at radius 3 is 1.81 bits per heavy atom. The molecule has 0 fully saturated rings. The Kier molecular flexibility index (Phi) is 18.1. The summed E-state index contributed by atoms with van der Waals surface area (Å²) in [6, 6.07) is 24.9. The smallest absolute Gasteiger partial charge is 0.343 e. The maximum atomic E-state index is 13.7. The van der Waals surface area contributed by atoms with Crippen LogP contribution in [0.3, 0.4) is 0 Å². The Balaban J connectivity index is 1.20. The third-order valence-electron chi connectivity index (χ3n) is 9.38. The number of fused-ring (bicyclic) bond motifs is 3. The molecule has 360 valence electrons. The van der Waals surface area contributed by atoms with Crippen LogP contribution in [0.2, 0.25) is 0 Å². The molecule has 0 bridgehead atoms. The van der Waals surface area contributed by atoms with Gasteiger partial charge in [-0.1, -0.05) is 74.4 Å². The number of hydrogen-bond acceptors (Lipinski definition) is 20. The number of carbonyl (C=O) groups is 6. The van der Waals surface area contributed by atoms with Gasteiger partial charge in [0.1, 0.15) is 5.75 Å². The minimum atomic E-state index is -0.823. The quantitative estimate of drug-likeness (QED) is 0.0109. The maximum Gasteiger partial charge on any atom is 0.343 e. The first-order valence-corrected chi connectivity index (χ1v) is 21.7. The highest BCUT2D eigenvalue weighted by atomic mass is 32.1. The summed E-state index contributed by atoms with van der Waals surface area (Å²) in [5.41, 5.74) is 4.82. The number of hydrogen-bond donors (Lipinski definition) is 1. The van der Waals surface area contributed by atoms with Crippen LogP contribution in [0.1, 0.15) is 45.2 Å². The Hall–Kier alpha value is -9.04. The second-order valence-corrected chi connectivity index (χ2v) is 14.9. The van der Waals surface area contributed by atoms with E-state index in [1.165, 1.54) is 53.9 Å². The molecule has 70 heavy (non-hydrogen) atoms. The summed E-state index contributed by atoms with van der Waals surface area (Å²) in [6.07, 6.45) is 4.60. The van der Waals surface area contributed by atoms with Crippen LogP contribution in [-0.4, -0.2) is 80.8 Å². The maximum absolute atomic E-state index is 13.7. The lowest BCUT2D eigenvalue weighted by molar-refractivity contribution is -0.150. The predicted octanol–water partition coefficient (Wildman–Crippen LogP) is 8.00. The van der Waals surface area contributed by atoms with Crippen LogP contribution in [0.15, 0.2) is 134 Å². The van der Waals surface area contributed by atoms with Gasteiger partial charge >= 0.3 is 35.8 Å². The first kappa shape index (κ1) is 50.4. The van der Waals surface area contributed by atoms with E-state index in [9.17, 15) is 28.8 Å². The van der Waals surface area contributed by atoms with Crippen molar-refractivity contribution in [1.29, 1.82) is 0 Å². The molecule has 19 nitrogen and oxygen atoms in total.